The largest absolute Gasteiger partial charge is 0.480 e. The number of aliphatic carboxylic acids is 1. The molecular weight excluding hydrogens is 276 g/mol. The average molecular weight is 300 g/mol. The fraction of sp³-hybridized carbons (Fsp3) is 0.692. The Kier molecular flexibility index (Phi) is 9.57. The van der Waals surface area contributed by atoms with E-state index in [1.54, 1.807) is 0 Å². The van der Waals surface area contributed by atoms with Gasteiger partial charge in [0.05, 0.1) is 0 Å². The second-order valence-electron chi connectivity index (χ2n) is 4.82. The zero-order chi connectivity index (χ0) is 16.3. The van der Waals surface area contributed by atoms with Gasteiger partial charge in [-0.25, -0.2) is 4.79 Å². The van der Waals surface area contributed by atoms with Crippen molar-refractivity contribution >= 4 is 23.6 Å². The smallest absolute Gasteiger partial charge is 0.326 e. The Balaban J connectivity index is 4.01. The third kappa shape index (κ3) is 11.4. The van der Waals surface area contributed by atoms with Crippen LogP contribution in [0.2, 0.25) is 0 Å². The van der Waals surface area contributed by atoms with E-state index < -0.39 is 12.0 Å². The topological polar surface area (TPSA) is 148 Å². The Labute approximate surface area is 124 Å². The van der Waals surface area contributed by atoms with Gasteiger partial charge >= 0.3 is 5.97 Å². The van der Waals surface area contributed by atoms with Gasteiger partial charge in [-0.15, -0.1) is 0 Å². The summed E-state index contributed by atoms with van der Waals surface area (Å²) in [6.07, 6.45) is 2.56. The molecule has 0 aromatic carbocycles. The van der Waals surface area contributed by atoms with Crippen LogP contribution in [-0.4, -0.2) is 41.3 Å². The van der Waals surface area contributed by atoms with Gasteiger partial charge in [-0.3, -0.25) is 9.79 Å². The summed E-state index contributed by atoms with van der Waals surface area (Å²) in [6, 6.07) is -0.945. The number of hydrogen-bond acceptors (Lipinski definition) is 4. The second-order valence-corrected chi connectivity index (χ2v) is 4.82. The highest BCUT2D eigenvalue weighted by molar-refractivity contribution is 5.83. The van der Waals surface area contributed by atoms with Crippen LogP contribution < -0.4 is 16.8 Å². The van der Waals surface area contributed by atoms with Crippen molar-refractivity contribution in [2.75, 3.05) is 6.54 Å². The van der Waals surface area contributed by atoms with E-state index in [-0.39, 0.29) is 30.5 Å². The van der Waals surface area contributed by atoms with Crippen LogP contribution in [0.25, 0.3) is 0 Å². The van der Waals surface area contributed by atoms with E-state index in [1.807, 2.05) is 0 Å². The Hall–Kier alpha value is -2.12. The number of nitrogens with zero attached hydrogens (tertiary/aromatic N) is 1. The van der Waals surface area contributed by atoms with Crippen molar-refractivity contribution in [1.29, 1.82) is 0 Å². The number of carboxylic acids is 1. The molecule has 8 heteroatoms. The monoisotopic (exact) mass is 300 g/mol. The van der Waals surface area contributed by atoms with Crippen LogP contribution in [0.4, 0.5) is 0 Å². The van der Waals surface area contributed by atoms with Gasteiger partial charge < -0.3 is 26.7 Å². The van der Waals surface area contributed by atoms with Gasteiger partial charge in [0.1, 0.15) is 11.8 Å². The van der Waals surface area contributed by atoms with Crippen LogP contribution in [0.1, 0.15) is 45.4 Å². The first-order chi connectivity index (χ1) is 9.82. The maximum atomic E-state index is 11.6. The summed E-state index contributed by atoms with van der Waals surface area (Å²) in [4.78, 5) is 37.1. The fourth-order valence-corrected chi connectivity index (χ4v) is 1.69. The van der Waals surface area contributed by atoms with Gasteiger partial charge in [-0.1, -0.05) is 0 Å². The van der Waals surface area contributed by atoms with Crippen LogP contribution in [0.5, 0.6) is 0 Å². The van der Waals surface area contributed by atoms with Crippen LogP contribution in [0, 0.1) is 0 Å². The standard InChI is InChI=1S/C13H24N4O4/c1-9(18)5-2-3-7-11(19)17-10(12(20)21)6-4-8-16-13(14)15/h10H,2-8H2,1H3,(H,17,19)(H,20,21)(H4,14,15,16)/t10-/m0/s1. The number of Topliss-reactive ketones (excluding diaryl/α,β-unsaturated/α-hetero) is 1. The summed E-state index contributed by atoms with van der Waals surface area (Å²) in [6.45, 7) is 1.82. The van der Waals surface area contributed by atoms with Gasteiger partial charge in [-0.2, -0.15) is 0 Å². The third-order valence-corrected chi connectivity index (χ3v) is 2.76. The molecule has 0 fully saturated rings. The van der Waals surface area contributed by atoms with Gasteiger partial charge in [0.15, 0.2) is 5.96 Å². The number of nitrogens with one attached hydrogen (secondary N) is 1. The highest BCUT2D eigenvalue weighted by Crippen LogP contribution is 2.03. The lowest BCUT2D eigenvalue weighted by atomic mass is 10.1. The molecule has 1 amide bonds. The average Bonchev–Trinajstić information content (AvgIpc) is 2.37. The van der Waals surface area contributed by atoms with Crippen molar-refractivity contribution in [1.82, 2.24) is 5.32 Å². The van der Waals surface area contributed by atoms with Gasteiger partial charge in [0.25, 0.3) is 0 Å². The molecule has 0 bridgehead atoms. The number of rotatable bonds is 11. The molecule has 6 N–H and O–H groups in total. The summed E-state index contributed by atoms with van der Waals surface area (Å²) in [5, 5.41) is 11.5. The third-order valence-electron chi connectivity index (χ3n) is 2.76. The SMILES string of the molecule is CC(=O)CCCCC(=O)N[C@@H](CCCN=C(N)N)C(=O)O. The first kappa shape index (κ1) is 18.9. The molecule has 0 rings (SSSR count). The van der Waals surface area contributed by atoms with Crippen molar-refractivity contribution in [3.63, 3.8) is 0 Å². The molecule has 0 aliphatic rings. The number of carbonyl (C=O) groups excluding carboxylic acids is 2. The lowest BCUT2D eigenvalue weighted by Gasteiger charge is -2.13. The molecule has 0 heterocycles. The molecule has 0 radical (unpaired) electrons. The predicted octanol–water partition coefficient (Wildman–Crippen LogP) is -0.241. The summed E-state index contributed by atoms with van der Waals surface area (Å²) in [5.74, 6) is -1.38. The maximum absolute atomic E-state index is 11.6. The molecule has 8 nitrogen and oxygen atoms in total. The molecule has 0 aromatic rings. The Morgan fingerprint density at radius 3 is 2.29 bits per heavy atom. The molecule has 1 atom stereocenters. The highest BCUT2D eigenvalue weighted by Gasteiger charge is 2.18. The molecule has 120 valence electrons. The van der Waals surface area contributed by atoms with E-state index in [4.69, 9.17) is 16.6 Å². The van der Waals surface area contributed by atoms with Crippen molar-refractivity contribution < 1.29 is 19.5 Å². The molecule has 0 spiro atoms. The number of carboxylic acid groups (broad SMARTS) is 1. The van der Waals surface area contributed by atoms with Crippen LogP contribution >= 0.6 is 0 Å². The Morgan fingerprint density at radius 2 is 1.76 bits per heavy atom. The van der Waals surface area contributed by atoms with Crippen molar-refractivity contribution in [2.45, 2.75) is 51.5 Å². The number of hydrogen-bond donors (Lipinski definition) is 4. The van der Waals surface area contributed by atoms with E-state index in [0.29, 0.717) is 32.2 Å². The second kappa shape index (κ2) is 10.6. The Bertz CT molecular complexity index is 392. The molecule has 0 saturated heterocycles. The van der Waals surface area contributed by atoms with Gasteiger partial charge in [0, 0.05) is 19.4 Å². The Morgan fingerprint density at radius 1 is 1.14 bits per heavy atom. The maximum Gasteiger partial charge on any atom is 0.326 e. The van der Waals surface area contributed by atoms with Crippen LogP contribution in [0.3, 0.4) is 0 Å². The minimum Gasteiger partial charge on any atom is -0.480 e. The lowest BCUT2D eigenvalue weighted by molar-refractivity contribution is -0.142. The molecule has 0 unspecified atom stereocenters. The molecule has 0 aliphatic carbocycles. The van der Waals surface area contributed by atoms with E-state index in [2.05, 4.69) is 10.3 Å². The fourth-order valence-electron chi connectivity index (χ4n) is 1.69. The van der Waals surface area contributed by atoms with Crippen molar-refractivity contribution in [3.8, 4) is 0 Å². The molecule has 21 heavy (non-hydrogen) atoms. The summed E-state index contributed by atoms with van der Waals surface area (Å²) in [7, 11) is 0. The number of carbonyl (C=O) groups is 3. The zero-order valence-corrected chi connectivity index (χ0v) is 12.3. The number of amides is 1. The van der Waals surface area contributed by atoms with E-state index in [9.17, 15) is 14.4 Å². The number of unbranched alkanes of at least 4 members (excludes halogenated alkanes) is 1. The van der Waals surface area contributed by atoms with E-state index in [0.717, 1.165) is 0 Å². The van der Waals surface area contributed by atoms with E-state index in [1.165, 1.54) is 6.92 Å². The molecule has 0 saturated carbocycles. The summed E-state index contributed by atoms with van der Waals surface area (Å²) in [5.41, 5.74) is 10.3. The highest BCUT2D eigenvalue weighted by atomic mass is 16.4. The molecule has 0 aliphatic heterocycles. The lowest BCUT2D eigenvalue weighted by Crippen LogP contribution is -2.40. The van der Waals surface area contributed by atoms with Gasteiger partial charge in [0.2, 0.25) is 5.91 Å². The van der Waals surface area contributed by atoms with Gasteiger partial charge in [-0.05, 0) is 32.6 Å². The predicted molar refractivity (Wildman–Crippen MR) is 78.6 cm³/mol. The first-order valence-corrected chi connectivity index (χ1v) is 6.90. The quantitative estimate of drug-likeness (QED) is 0.235. The molecule has 0 aromatic heterocycles. The van der Waals surface area contributed by atoms with Crippen molar-refractivity contribution in [2.24, 2.45) is 16.5 Å². The van der Waals surface area contributed by atoms with Crippen LogP contribution in [-0.2, 0) is 14.4 Å². The zero-order valence-electron chi connectivity index (χ0n) is 12.3. The molecular formula is C13H24N4O4. The number of nitrogens with two attached hydrogens (primary N) is 2. The summed E-state index contributed by atoms with van der Waals surface area (Å²) >= 11 is 0. The first-order valence-electron chi connectivity index (χ1n) is 6.90. The summed E-state index contributed by atoms with van der Waals surface area (Å²) < 4.78 is 0. The minimum absolute atomic E-state index is 0.0450. The number of aliphatic imine (C=N–C) groups is 1. The van der Waals surface area contributed by atoms with E-state index >= 15 is 0 Å². The normalized spacial score (nSPS) is 11.5. The van der Waals surface area contributed by atoms with Crippen molar-refractivity contribution in [3.05, 3.63) is 0 Å². The number of guanidine groups is 1. The number of ketones is 1. The minimum atomic E-state index is -1.09. The van der Waals surface area contributed by atoms with Crippen LogP contribution in [0.15, 0.2) is 4.99 Å².